The van der Waals surface area contributed by atoms with Crippen molar-refractivity contribution in [1.29, 1.82) is 0 Å². The number of fused-ring (bicyclic) bond motifs is 1. The molecule has 0 radical (unpaired) electrons. The van der Waals surface area contributed by atoms with Gasteiger partial charge in [0.1, 0.15) is 0 Å². The first-order valence-electron chi connectivity index (χ1n) is 4.01. The molecule has 2 rings (SSSR count). The largest absolute Gasteiger partial charge is 0.294 e. The molecule has 0 saturated heterocycles. The number of benzene rings is 1. The summed E-state index contributed by atoms with van der Waals surface area (Å²) in [7, 11) is 0. The molecule has 0 aliphatic heterocycles. The van der Waals surface area contributed by atoms with Gasteiger partial charge in [0.15, 0.2) is 5.78 Å². The maximum atomic E-state index is 11.3. The maximum Gasteiger partial charge on any atom is 0.163 e. The van der Waals surface area contributed by atoms with Crippen LogP contribution in [0.3, 0.4) is 0 Å². The van der Waals surface area contributed by atoms with Gasteiger partial charge in [-0.05, 0) is 24.5 Å². The number of carbonyl (C=O) groups excluding carboxylic acids is 1. The maximum absolute atomic E-state index is 11.3. The first-order valence-corrected chi connectivity index (χ1v) is 4.39. The van der Waals surface area contributed by atoms with Crippen LogP contribution in [0.4, 0.5) is 0 Å². The van der Waals surface area contributed by atoms with Gasteiger partial charge >= 0.3 is 0 Å². The fraction of sp³-hybridized carbons (Fsp3) is 0.300. The van der Waals surface area contributed by atoms with Crippen LogP contribution in [0.25, 0.3) is 0 Å². The van der Waals surface area contributed by atoms with Crippen molar-refractivity contribution in [2.75, 3.05) is 0 Å². The monoisotopic (exact) mass is 180 g/mol. The van der Waals surface area contributed by atoms with Crippen molar-refractivity contribution in [2.24, 2.45) is 0 Å². The predicted octanol–water partition coefficient (Wildman–Crippen LogP) is 2.78. The molecule has 0 fully saturated rings. The molecule has 0 amide bonds. The Labute approximate surface area is 76.4 Å². The van der Waals surface area contributed by atoms with Gasteiger partial charge in [-0.15, -0.1) is 0 Å². The highest BCUT2D eigenvalue weighted by molar-refractivity contribution is 6.33. The number of rotatable bonds is 0. The van der Waals surface area contributed by atoms with Gasteiger partial charge in [0, 0.05) is 17.0 Å². The summed E-state index contributed by atoms with van der Waals surface area (Å²) in [5, 5.41) is 0.776. The summed E-state index contributed by atoms with van der Waals surface area (Å²) >= 11 is 6.05. The van der Waals surface area contributed by atoms with Crippen LogP contribution in [-0.2, 0) is 6.42 Å². The summed E-state index contributed by atoms with van der Waals surface area (Å²) in [6.45, 7) is 1.96. The van der Waals surface area contributed by atoms with Gasteiger partial charge in [-0.1, -0.05) is 23.7 Å². The summed E-state index contributed by atoms with van der Waals surface area (Å²) in [6, 6.07) is 3.79. The van der Waals surface area contributed by atoms with Gasteiger partial charge in [-0.25, -0.2) is 0 Å². The van der Waals surface area contributed by atoms with Crippen molar-refractivity contribution >= 4 is 17.4 Å². The molecule has 0 unspecified atom stereocenters. The molecule has 0 heterocycles. The Kier molecular flexibility index (Phi) is 1.69. The van der Waals surface area contributed by atoms with Gasteiger partial charge in [-0.3, -0.25) is 4.79 Å². The van der Waals surface area contributed by atoms with Crippen molar-refractivity contribution in [3.63, 3.8) is 0 Å². The van der Waals surface area contributed by atoms with Crippen LogP contribution in [0.5, 0.6) is 0 Å². The lowest BCUT2D eigenvalue weighted by molar-refractivity contribution is 0.0994. The molecule has 1 aliphatic rings. The number of ketones is 1. The third-order valence-electron chi connectivity index (χ3n) is 2.34. The molecule has 1 aromatic rings. The lowest BCUT2D eigenvalue weighted by Crippen LogP contribution is -1.91. The second-order valence-corrected chi connectivity index (χ2v) is 3.52. The lowest BCUT2D eigenvalue weighted by Gasteiger charge is -2.03. The zero-order valence-corrected chi connectivity index (χ0v) is 7.61. The molecule has 0 spiro atoms. The Balaban J connectivity index is 2.68. The Morgan fingerprint density at radius 2 is 2.08 bits per heavy atom. The van der Waals surface area contributed by atoms with Crippen LogP contribution in [0.2, 0.25) is 5.02 Å². The minimum absolute atomic E-state index is 0.229. The van der Waals surface area contributed by atoms with Gasteiger partial charge in [0.05, 0.1) is 0 Å². The predicted molar refractivity (Wildman–Crippen MR) is 48.8 cm³/mol. The molecule has 0 aromatic heterocycles. The van der Waals surface area contributed by atoms with Crippen molar-refractivity contribution in [3.05, 3.63) is 33.8 Å². The number of aryl methyl sites for hydroxylation is 1. The number of Topliss-reactive ketones (excluding diaryl/α,β-unsaturated/α-hetero) is 1. The van der Waals surface area contributed by atoms with E-state index in [2.05, 4.69) is 0 Å². The molecule has 1 aliphatic carbocycles. The van der Waals surface area contributed by atoms with E-state index in [1.165, 1.54) is 0 Å². The smallest absolute Gasteiger partial charge is 0.163 e. The summed E-state index contributed by atoms with van der Waals surface area (Å²) in [6.07, 6.45) is 1.44. The van der Waals surface area contributed by atoms with Gasteiger partial charge in [0.2, 0.25) is 0 Å². The molecule has 1 aromatic carbocycles. The first kappa shape index (κ1) is 7.81. The van der Waals surface area contributed by atoms with Crippen molar-refractivity contribution in [2.45, 2.75) is 19.8 Å². The molecule has 12 heavy (non-hydrogen) atoms. The van der Waals surface area contributed by atoms with E-state index >= 15 is 0 Å². The van der Waals surface area contributed by atoms with E-state index in [0.717, 1.165) is 28.1 Å². The van der Waals surface area contributed by atoms with E-state index < -0.39 is 0 Å². The summed E-state index contributed by atoms with van der Waals surface area (Å²) < 4.78 is 0. The standard InChI is InChI=1S/C10H9ClO/c1-6-2-3-7-8(10(6)11)4-5-9(7)12/h2-3H,4-5H2,1H3. The molecule has 0 atom stereocenters. The Hall–Kier alpha value is -0.820. The minimum atomic E-state index is 0.229. The Morgan fingerprint density at radius 3 is 2.83 bits per heavy atom. The van der Waals surface area contributed by atoms with Crippen molar-refractivity contribution in [3.8, 4) is 0 Å². The zero-order valence-electron chi connectivity index (χ0n) is 6.86. The van der Waals surface area contributed by atoms with Crippen LogP contribution in [0, 0.1) is 6.92 Å². The third-order valence-corrected chi connectivity index (χ3v) is 2.86. The van der Waals surface area contributed by atoms with E-state index in [0.29, 0.717) is 6.42 Å². The lowest BCUT2D eigenvalue weighted by atomic mass is 10.1. The molecule has 62 valence electrons. The second kappa shape index (κ2) is 2.60. The van der Waals surface area contributed by atoms with E-state index in [4.69, 9.17) is 11.6 Å². The SMILES string of the molecule is Cc1ccc2c(c1Cl)CCC2=O. The van der Waals surface area contributed by atoms with Crippen LogP contribution in [0.1, 0.15) is 27.9 Å². The quantitative estimate of drug-likeness (QED) is 0.600. The normalized spacial score (nSPS) is 15.0. The van der Waals surface area contributed by atoms with E-state index in [1.807, 2.05) is 19.1 Å². The average Bonchev–Trinajstić information content (AvgIpc) is 2.41. The minimum Gasteiger partial charge on any atom is -0.294 e. The summed E-state index contributed by atoms with van der Waals surface area (Å²) in [5.41, 5.74) is 2.93. The molecular formula is C10H9ClO. The molecule has 0 N–H and O–H groups in total. The third kappa shape index (κ3) is 0.969. The number of halogens is 1. The van der Waals surface area contributed by atoms with E-state index in [-0.39, 0.29) is 5.78 Å². The molecule has 1 nitrogen and oxygen atoms in total. The first-order chi connectivity index (χ1) is 5.70. The van der Waals surface area contributed by atoms with Gasteiger partial charge in [-0.2, -0.15) is 0 Å². The zero-order chi connectivity index (χ0) is 8.72. The highest BCUT2D eigenvalue weighted by Crippen LogP contribution is 2.30. The average molecular weight is 181 g/mol. The van der Waals surface area contributed by atoms with Crippen LogP contribution in [0.15, 0.2) is 12.1 Å². The Morgan fingerprint density at radius 1 is 1.33 bits per heavy atom. The Bertz CT molecular complexity index is 355. The van der Waals surface area contributed by atoms with Gasteiger partial charge in [0.25, 0.3) is 0 Å². The number of carbonyl (C=O) groups is 1. The highest BCUT2D eigenvalue weighted by atomic mass is 35.5. The van der Waals surface area contributed by atoms with E-state index in [1.54, 1.807) is 0 Å². The summed E-state index contributed by atoms with van der Waals surface area (Å²) in [5.74, 6) is 0.229. The summed E-state index contributed by atoms with van der Waals surface area (Å²) in [4.78, 5) is 11.3. The number of hydrogen-bond acceptors (Lipinski definition) is 1. The van der Waals surface area contributed by atoms with Gasteiger partial charge < -0.3 is 0 Å². The number of hydrogen-bond donors (Lipinski definition) is 0. The highest BCUT2D eigenvalue weighted by Gasteiger charge is 2.21. The fourth-order valence-corrected chi connectivity index (χ4v) is 1.88. The topological polar surface area (TPSA) is 17.1 Å². The van der Waals surface area contributed by atoms with Crippen LogP contribution >= 0.6 is 11.6 Å². The molecule has 0 saturated carbocycles. The van der Waals surface area contributed by atoms with Crippen molar-refractivity contribution in [1.82, 2.24) is 0 Å². The van der Waals surface area contributed by atoms with Crippen molar-refractivity contribution < 1.29 is 4.79 Å². The van der Waals surface area contributed by atoms with Crippen LogP contribution < -0.4 is 0 Å². The second-order valence-electron chi connectivity index (χ2n) is 3.15. The fourth-order valence-electron chi connectivity index (χ4n) is 1.62. The van der Waals surface area contributed by atoms with E-state index in [9.17, 15) is 4.79 Å². The van der Waals surface area contributed by atoms with Crippen LogP contribution in [-0.4, -0.2) is 5.78 Å². The molecule has 0 bridgehead atoms. The molecule has 2 heteroatoms. The molecular weight excluding hydrogens is 172 g/mol.